The predicted molar refractivity (Wildman–Crippen MR) is 107 cm³/mol. The largest absolute Gasteiger partial charge is 0.353 e. The van der Waals surface area contributed by atoms with E-state index in [9.17, 15) is 0 Å². The average molecular weight is 464 g/mol. The molecule has 2 aliphatic rings. The highest BCUT2D eigenvalue weighted by molar-refractivity contribution is 14.1. The van der Waals surface area contributed by atoms with Crippen molar-refractivity contribution in [2.24, 2.45) is 0 Å². The third kappa shape index (κ3) is 4.85. The van der Waals surface area contributed by atoms with Crippen molar-refractivity contribution in [3.63, 3.8) is 0 Å². The first-order valence-corrected chi connectivity index (χ1v) is 10.5. The van der Waals surface area contributed by atoms with E-state index in [-0.39, 0.29) is 11.7 Å². The van der Waals surface area contributed by atoms with Crippen LogP contribution in [0.5, 0.6) is 0 Å². The van der Waals surface area contributed by atoms with Crippen molar-refractivity contribution in [3.05, 3.63) is 32.4 Å². The van der Waals surface area contributed by atoms with Gasteiger partial charge in [0.25, 0.3) is 0 Å². The first kappa shape index (κ1) is 18.9. The zero-order valence-corrected chi connectivity index (χ0v) is 17.1. The summed E-state index contributed by atoms with van der Waals surface area (Å²) in [5.74, 6) is 0. The molecule has 24 heavy (non-hydrogen) atoms. The number of ether oxygens (including phenoxy) is 2. The molecule has 1 N–H and O–H groups in total. The highest BCUT2D eigenvalue weighted by Gasteiger charge is 2.33. The Bertz CT molecular complexity index is 528. The van der Waals surface area contributed by atoms with Crippen LogP contribution >= 0.6 is 34.2 Å². The van der Waals surface area contributed by atoms with E-state index in [4.69, 9.17) is 21.1 Å². The molecule has 3 rings (SSSR count). The number of nitrogens with one attached hydrogen (secondary N) is 1. The molecule has 1 aromatic rings. The first-order chi connectivity index (χ1) is 11.7. The molecule has 2 atom stereocenters. The molecular formula is C19H27ClINO2. The van der Waals surface area contributed by atoms with E-state index in [1.165, 1.54) is 31.2 Å². The van der Waals surface area contributed by atoms with Crippen LogP contribution in [0, 0.1) is 3.57 Å². The SMILES string of the molecule is Clc1cc(C2(CCCOC3CCCCO3)CCCNC2)ccc1I. The van der Waals surface area contributed by atoms with Crippen LogP contribution in [0.15, 0.2) is 18.2 Å². The summed E-state index contributed by atoms with van der Waals surface area (Å²) in [6.45, 7) is 3.78. The van der Waals surface area contributed by atoms with Crippen molar-refractivity contribution in [1.82, 2.24) is 5.32 Å². The van der Waals surface area contributed by atoms with Gasteiger partial charge < -0.3 is 14.8 Å². The molecule has 2 aliphatic heterocycles. The van der Waals surface area contributed by atoms with Crippen LogP contribution in [-0.2, 0) is 14.9 Å². The maximum absolute atomic E-state index is 6.39. The molecule has 3 nitrogen and oxygen atoms in total. The summed E-state index contributed by atoms with van der Waals surface area (Å²) in [6.07, 6.45) is 8.08. The minimum absolute atomic E-state index is 0.0203. The summed E-state index contributed by atoms with van der Waals surface area (Å²) in [6, 6.07) is 6.56. The van der Waals surface area contributed by atoms with Gasteiger partial charge in [-0.2, -0.15) is 0 Å². The Hall–Kier alpha value is 0.120. The fourth-order valence-corrected chi connectivity index (χ4v) is 4.38. The zero-order chi connectivity index (χ0) is 16.8. The summed E-state index contributed by atoms with van der Waals surface area (Å²) >= 11 is 8.68. The first-order valence-electron chi connectivity index (χ1n) is 9.09. The van der Waals surface area contributed by atoms with E-state index in [1.807, 2.05) is 0 Å². The van der Waals surface area contributed by atoms with Crippen LogP contribution in [-0.4, -0.2) is 32.6 Å². The molecule has 2 unspecified atom stereocenters. The maximum Gasteiger partial charge on any atom is 0.157 e. The number of benzene rings is 1. The zero-order valence-electron chi connectivity index (χ0n) is 14.2. The van der Waals surface area contributed by atoms with Crippen LogP contribution in [0.3, 0.4) is 0 Å². The lowest BCUT2D eigenvalue weighted by Crippen LogP contribution is -2.43. The highest BCUT2D eigenvalue weighted by Crippen LogP contribution is 2.37. The van der Waals surface area contributed by atoms with Crippen molar-refractivity contribution in [2.45, 2.75) is 56.7 Å². The molecular weight excluding hydrogens is 437 g/mol. The van der Waals surface area contributed by atoms with Gasteiger partial charge in [-0.15, -0.1) is 0 Å². The molecule has 0 spiro atoms. The Morgan fingerprint density at radius 2 is 2.25 bits per heavy atom. The fourth-order valence-electron chi connectivity index (χ4n) is 3.87. The Kier molecular flexibility index (Phi) is 7.22. The number of rotatable bonds is 6. The number of piperidine rings is 1. The molecule has 0 radical (unpaired) electrons. The molecule has 2 heterocycles. The third-order valence-corrected chi connectivity index (χ3v) is 6.82. The van der Waals surface area contributed by atoms with E-state index in [2.05, 4.69) is 46.1 Å². The van der Waals surface area contributed by atoms with Crippen molar-refractivity contribution in [1.29, 1.82) is 0 Å². The van der Waals surface area contributed by atoms with Crippen molar-refractivity contribution >= 4 is 34.2 Å². The van der Waals surface area contributed by atoms with Gasteiger partial charge in [0.05, 0.1) is 5.02 Å². The van der Waals surface area contributed by atoms with Crippen molar-refractivity contribution in [2.75, 3.05) is 26.3 Å². The standard InChI is InChI=1S/C19H27ClINO2/c20-16-13-15(6-7-17(16)21)19(8-3-10-22-14-19)9-4-12-24-18-5-1-2-11-23-18/h6-7,13,18,22H,1-5,8-12,14H2. The topological polar surface area (TPSA) is 30.5 Å². The third-order valence-electron chi connectivity index (χ3n) is 5.25. The lowest BCUT2D eigenvalue weighted by molar-refractivity contribution is -0.163. The molecule has 0 amide bonds. The van der Waals surface area contributed by atoms with E-state index >= 15 is 0 Å². The number of hydrogen-bond donors (Lipinski definition) is 1. The summed E-state index contributed by atoms with van der Waals surface area (Å²) in [7, 11) is 0. The summed E-state index contributed by atoms with van der Waals surface area (Å²) in [5, 5.41) is 4.45. The quantitative estimate of drug-likeness (QED) is 0.481. The van der Waals surface area contributed by atoms with Gasteiger partial charge in [0, 0.05) is 28.7 Å². The van der Waals surface area contributed by atoms with E-state index in [1.54, 1.807) is 0 Å². The van der Waals surface area contributed by atoms with Gasteiger partial charge in [0.2, 0.25) is 0 Å². The lowest BCUT2D eigenvalue weighted by Gasteiger charge is -2.39. The van der Waals surface area contributed by atoms with Gasteiger partial charge in [-0.05, 0) is 91.8 Å². The van der Waals surface area contributed by atoms with Crippen LogP contribution in [0.2, 0.25) is 5.02 Å². The highest BCUT2D eigenvalue weighted by atomic mass is 127. The van der Waals surface area contributed by atoms with Gasteiger partial charge in [0.15, 0.2) is 6.29 Å². The Morgan fingerprint density at radius 1 is 1.33 bits per heavy atom. The molecule has 134 valence electrons. The Labute approximate surface area is 164 Å². The second kappa shape index (κ2) is 9.17. The maximum atomic E-state index is 6.39. The molecule has 5 heteroatoms. The second-order valence-corrected chi connectivity index (χ2v) is 8.53. The van der Waals surface area contributed by atoms with Crippen LogP contribution in [0.25, 0.3) is 0 Å². The van der Waals surface area contributed by atoms with Gasteiger partial charge in [-0.3, -0.25) is 0 Å². The molecule has 2 fully saturated rings. The molecule has 0 aliphatic carbocycles. The summed E-state index contributed by atoms with van der Waals surface area (Å²) in [5.41, 5.74) is 1.55. The Morgan fingerprint density at radius 3 is 2.96 bits per heavy atom. The van der Waals surface area contributed by atoms with E-state index in [0.29, 0.717) is 0 Å². The summed E-state index contributed by atoms with van der Waals surface area (Å²) < 4.78 is 12.7. The second-order valence-electron chi connectivity index (χ2n) is 6.96. The predicted octanol–water partition coefficient (Wildman–Crippen LogP) is 4.89. The summed E-state index contributed by atoms with van der Waals surface area (Å²) in [4.78, 5) is 0. The lowest BCUT2D eigenvalue weighted by atomic mass is 9.71. The van der Waals surface area contributed by atoms with Crippen molar-refractivity contribution < 1.29 is 9.47 Å². The Balaban J connectivity index is 1.59. The molecule has 2 saturated heterocycles. The smallest absolute Gasteiger partial charge is 0.157 e. The van der Waals surface area contributed by atoms with Gasteiger partial charge in [-0.1, -0.05) is 17.7 Å². The molecule has 0 aromatic heterocycles. The van der Waals surface area contributed by atoms with Crippen LogP contribution < -0.4 is 5.32 Å². The van der Waals surface area contributed by atoms with Crippen LogP contribution in [0.1, 0.15) is 50.5 Å². The molecule has 0 saturated carbocycles. The number of halogens is 2. The van der Waals surface area contributed by atoms with Crippen molar-refractivity contribution in [3.8, 4) is 0 Å². The average Bonchev–Trinajstić information content (AvgIpc) is 2.63. The van der Waals surface area contributed by atoms with E-state index in [0.717, 1.165) is 54.2 Å². The van der Waals surface area contributed by atoms with E-state index < -0.39 is 0 Å². The molecule has 0 bridgehead atoms. The number of hydrogen-bond acceptors (Lipinski definition) is 3. The fraction of sp³-hybridized carbons (Fsp3) is 0.684. The monoisotopic (exact) mass is 463 g/mol. The van der Waals surface area contributed by atoms with Crippen LogP contribution in [0.4, 0.5) is 0 Å². The minimum atomic E-state index is 0.0203. The molecule has 1 aromatic carbocycles. The minimum Gasteiger partial charge on any atom is -0.353 e. The normalized spacial score (nSPS) is 28.0. The van der Waals surface area contributed by atoms with Gasteiger partial charge >= 0.3 is 0 Å². The van der Waals surface area contributed by atoms with Gasteiger partial charge in [-0.25, -0.2) is 0 Å². The van der Waals surface area contributed by atoms with Gasteiger partial charge in [0.1, 0.15) is 0 Å².